The first kappa shape index (κ1) is 13.0. The smallest absolute Gasteiger partial charge is 0.859 e. The van der Waals surface area contributed by atoms with Crippen LogP contribution in [-0.2, 0) is 0 Å². The molecule has 6 heteroatoms. The summed E-state index contributed by atoms with van der Waals surface area (Å²) in [7, 11) is 0. The zero-order valence-corrected chi connectivity index (χ0v) is 11.7. The molecule has 0 N–H and O–H groups in total. The van der Waals surface area contributed by atoms with E-state index < -0.39 is 0 Å². The molecule has 0 aliphatic carbocycles. The average molecular weight is 251 g/mol. The Morgan fingerprint density at radius 1 is 1.17 bits per heavy atom. The summed E-state index contributed by atoms with van der Waals surface area (Å²) in [5, 5.41) is 15.3. The van der Waals surface area contributed by atoms with E-state index in [2.05, 4.69) is 10.1 Å². The number of hydrogen-bond donors (Lipinski definition) is 0. The van der Waals surface area contributed by atoms with Gasteiger partial charge in [0.05, 0.1) is 5.69 Å². The minimum Gasteiger partial charge on any atom is -0.859 e. The van der Waals surface area contributed by atoms with Gasteiger partial charge in [-0.15, -0.1) is 0 Å². The van der Waals surface area contributed by atoms with E-state index in [1.807, 2.05) is 0 Å². The summed E-state index contributed by atoms with van der Waals surface area (Å²) in [5.41, 5.74) is 1.70. The molecule has 4 nitrogen and oxygen atoms in total. The van der Waals surface area contributed by atoms with Gasteiger partial charge in [0.25, 0.3) is 0 Å². The van der Waals surface area contributed by atoms with E-state index in [-0.39, 0.29) is 41.3 Å². The van der Waals surface area contributed by atoms with Gasteiger partial charge < -0.3 is 5.11 Å². The van der Waals surface area contributed by atoms with Crippen molar-refractivity contribution in [3.05, 3.63) is 48.4 Å². The summed E-state index contributed by atoms with van der Waals surface area (Å²) >= 11 is 0. The molecule has 84 valence electrons. The average Bonchev–Trinajstić information content (AvgIpc) is 2.72. The molecule has 0 aliphatic heterocycles. The SMILES string of the molecule is [Na+].[O-]c1ccn2nc(-c3cccc(F)c3)cc2n1. The molecule has 3 rings (SSSR count). The molecule has 18 heavy (non-hydrogen) atoms. The topological polar surface area (TPSA) is 53.2 Å². The Bertz CT molecular complexity index is 699. The number of rotatable bonds is 1. The maximum Gasteiger partial charge on any atom is 1.00 e. The Morgan fingerprint density at radius 3 is 2.78 bits per heavy atom. The molecule has 0 bridgehead atoms. The van der Waals surface area contributed by atoms with Gasteiger partial charge in [-0.25, -0.2) is 13.9 Å². The quantitative estimate of drug-likeness (QED) is 0.501. The molecule has 0 amide bonds. The molecule has 0 aliphatic rings. The molecule has 0 saturated heterocycles. The molecule has 0 fully saturated rings. The zero-order valence-electron chi connectivity index (χ0n) is 9.67. The van der Waals surface area contributed by atoms with Gasteiger partial charge in [0.1, 0.15) is 5.82 Å². The molecule has 0 spiro atoms. The molecule has 0 atom stereocenters. The Hall–Kier alpha value is -1.43. The van der Waals surface area contributed by atoms with Crippen LogP contribution in [0.5, 0.6) is 5.88 Å². The minimum absolute atomic E-state index is 0. The van der Waals surface area contributed by atoms with E-state index in [9.17, 15) is 9.50 Å². The fourth-order valence-electron chi connectivity index (χ4n) is 1.65. The van der Waals surface area contributed by atoms with Crippen LogP contribution in [0, 0.1) is 5.82 Å². The maximum absolute atomic E-state index is 13.1. The second kappa shape index (κ2) is 5.06. The molecule has 0 radical (unpaired) electrons. The van der Waals surface area contributed by atoms with Gasteiger partial charge in [-0.2, -0.15) is 5.10 Å². The van der Waals surface area contributed by atoms with E-state index in [0.29, 0.717) is 16.9 Å². The summed E-state index contributed by atoms with van der Waals surface area (Å²) in [4.78, 5) is 3.80. The number of halogens is 1. The first-order chi connectivity index (χ1) is 8.22. The molecule has 2 aromatic heterocycles. The van der Waals surface area contributed by atoms with Gasteiger partial charge in [0, 0.05) is 17.8 Å². The van der Waals surface area contributed by atoms with Gasteiger partial charge in [0.2, 0.25) is 0 Å². The summed E-state index contributed by atoms with van der Waals surface area (Å²) in [6.07, 6.45) is 1.54. The first-order valence-electron chi connectivity index (χ1n) is 5.02. The zero-order chi connectivity index (χ0) is 11.8. The third-order valence-electron chi connectivity index (χ3n) is 2.42. The van der Waals surface area contributed by atoms with Crippen molar-refractivity contribution in [1.82, 2.24) is 14.6 Å². The molecule has 2 heterocycles. The van der Waals surface area contributed by atoms with Crippen molar-refractivity contribution in [2.45, 2.75) is 0 Å². The van der Waals surface area contributed by atoms with Gasteiger partial charge in [-0.1, -0.05) is 12.1 Å². The van der Waals surface area contributed by atoms with Crippen LogP contribution in [0.2, 0.25) is 0 Å². The predicted molar refractivity (Wildman–Crippen MR) is 57.8 cm³/mol. The summed E-state index contributed by atoms with van der Waals surface area (Å²) in [5.74, 6) is -0.639. The van der Waals surface area contributed by atoms with Crippen LogP contribution in [-0.4, -0.2) is 14.6 Å². The first-order valence-corrected chi connectivity index (χ1v) is 5.02. The summed E-state index contributed by atoms with van der Waals surface area (Å²) in [6, 6.07) is 9.10. The van der Waals surface area contributed by atoms with Crippen molar-refractivity contribution < 1.29 is 39.1 Å². The van der Waals surface area contributed by atoms with Crippen LogP contribution < -0.4 is 34.7 Å². The monoisotopic (exact) mass is 251 g/mol. The van der Waals surface area contributed by atoms with Crippen LogP contribution in [0.15, 0.2) is 42.6 Å². The second-order valence-electron chi connectivity index (χ2n) is 3.61. The standard InChI is InChI=1S/C12H8FN3O.Na/c13-9-3-1-2-8(6-9)10-7-11-14-12(17)4-5-16(11)15-10;/h1-7H,(H,14,17);/q;+1/p-1. The molecule has 3 aromatic rings. The van der Waals surface area contributed by atoms with Crippen LogP contribution in [0.4, 0.5) is 4.39 Å². The number of fused-ring (bicyclic) bond motifs is 1. The molecule has 0 saturated carbocycles. The summed E-state index contributed by atoms with van der Waals surface area (Å²) in [6.45, 7) is 0. The third kappa shape index (κ3) is 2.38. The van der Waals surface area contributed by atoms with Gasteiger partial charge in [0.15, 0.2) is 5.65 Å². The van der Waals surface area contributed by atoms with E-state index >= 15 is 0 Å². The number of hydrogen-bond acceptors (Lipinski definition) is 3. The Labute approximate surface area is 124 Å². The minimum atomic E-state index is -0.322. The van der Waals surface area contributed by atoms with Gasteiger partial charge in [-0.05, 0) is 24.1 Å². The van der Waals surface area contributed by atoms with Crippen LogP contribution in [0.3, 0.4) is 0 Å². The molecular formula is C12H7FN3NaO. The maximum atomic E-state index is 13.1. The van der Waals surface area contributed by atoms with Crippen LogP contribution >= 0.6 is 0 Å². The normalized spacial score (nSPS) is 10.3. The van der Waals surface area contributed by atoms with Crippen molar-refractivity contribution in [1.29, 1.82) is 0 Å². The number of aromatic nitrogens is 3. The van der Waals surface area contributed by atoms with Crippen molar-refractivity contribution >= 4 is 5.65 Å². The molecule has 1 aromatic carbocycles. The Morgan fingerprint density at radius 2 is 2.00 bits per heavy atom. The Balaban J connectivity index is 0.00000120. The second-order valence-corrected chi connectivity index (χ2v) is 3.61. The van der Waals surface area contributed by atoms with E-state index in [4.69, 9.17) is 0 Å². The van der Waals surface area contributed by atoms with Crippen LogP contribution in [0.25, 0.3) is 16.9 Å². The molecule has 0 unspecified atom stereocenters. The van der Waals surface area contributed by atoms with Gasteiger partial charge in [-0.3, -0.25) is 0 Å². The van der Waals surface area contributed by atoms with E-state index in [1.54, 1.807) is 18.2 Å². The number of nitrogens with zero attached hydrogens (tertiary/aromatic N) is 3. The van der Waals surface area contributed by atoms with Crippen LogP contribution in [0.1, 0.15) is 0 Å². The fraction of sp³-hybridized carbons (Fsp3) is 0. The van der Waals surface area contributed by atoms with E-state index in [1.165, 1.54) is 28.9 Å². The fourth-order valence-corrected chi connectivity index (χ4v) is 1.65. The Kier molecular flexibility index (Phi) is 3.65. The van der Waals surface area contributed by atoms with Crippen molar-refractivity contribution in [2.75, 3.05) is 0 Å². The molecular weight excluding hydrogens is 244 g/mol. The van der Waals surface area contributed by atoms with Crippen molar-refractivity contribution in [3.8, 4) is 17.1 Å². The largest absolute Gasteiger partial charge is 1.00 e. The predicted octanol–water partition coefficient (Wildman–Crippen LogP) is -1.39. The van der Waals surface area contributed by atoms with Crippen molar-refractivity contribution in [2.24, 2.45) is 0 Å². The van der Waals surface area contributed by atoms with Crippen molar-refractivity contribution in [3.63, 3.8) is 0 Å². The van der Waals surface area contributed by atoms with E-state index in [0.717, 1.165) is 0 Å². The third-order valence-corrected chi connectivity index (χ3v) is 2.42. The van der Waals surface area contributed by atoms with Gasteiger partial charge >= 0.3 is 29.6 Å². The number of benzene rings is 1. The summed E-state index contributed by atoms with van der Waals surface area (Å²) < 4.78 is 14.6.